The predicted octanol–water partition coefficient (Wildman–Crippen LogP) is 3.26. The van der Waals surface area contributed by atoms with Gasteiger partial charge >= 0.3 is 0 Å². The summed E-state index contributed by atoms with van der Waals surface area (Å²) in [5.41, 5.74) is 7.03. The van der Waals surface area contributed by atoms with E-state index in [1.807, 2.05) is 0 Å². The van der Waals surface area contributed by atoms with Crippen LogP contribution in [0.2, 0.25) is 0 Å². The first-order valence-electron chi connectivity index (χ1n) is 7.88. The minimum atomic E-state index is 0.449. The second-order valence-electron chi connectivity index (χ2n) is 7.85. The monoisotopic (exact) mass is 252 g/mol. The first kappa shape index (κ1) is 14.3. The number of hydrogen-bond donors (Lipinski definition) is 1. The zero-order chi connectivity index (χ0) is 13.2. The molecule has 0 spiro atoms. The average molecular weight is 252 g/mol. The smallest absolute Gasteiger partial charge is 0.00502 e. The predicted molar refractivity (Wildman–Crippen MR) is 78.6 cm³/mol. The highest BCUT2D eigenvalue weighted by atomic mass is 15.2. The highest BCUT2D eigenvalue weighted by molar-refractivity contribution is 4.91. The maximum atomic E-state index is 6.11. The molecule has 1 saturated heterocycles. The van der Waals surface area contributed by atoms with Gasteiger partial charge in [-0.1, -0.05) is 40.0 Å². The number of rotatable bonds is 3. The third kappa shape index (κ3) is 3.27. The summed E-state index contributed by atoms with van der Waals surface area (Å²) in [6.07, 6.45) is 8.32. The Morgan fingerprint density at radius 2 is 1.83 bits per heavy atom. The lowest BCUT2D eigenvalue weighted by Gasteiger charge is -2.39. The number of hydrogen-bond acceptors (Lipinski definition) is 2. The first-order valence-corrected chi connectivity index (χ1v) is 7.88. The van der Waals surface area contributed by atoms with Gasteiger partial charge in [0.2, 0.25) is 0 Å². The zero-order valence-corrected chi connectivity index (χ0v) is 12.7. The normalized spacial score (nSPS) is 29.7. The van der Waals surface area contributed by atoms with Crippen LogP contribution in [0.15, 0.2) is 0 Å². The highest BCUT2D eigenvalue weighted by Crippen LogP contribution is 2.39. The van der Waals surface area contributed by atoms with Crippen molar-refractivity contribution < 1.29 is 0 Å². The zero-order valence-electron chi connectivity index (χ0n) is 12.7. The molecule has 2 N–H and O–H groups in total. The van der Waals surface area contributed by atoms with E-state index in [1.165, 1.54) is 58.2 Å². The molecular formula is C16H32N2. The SMILES string of the molecule is CC(C)(C)C1CCN(CC2(CN)CCCCC2)C1. The van der Waals surface area contributed by atoms with Gasteiger partial charge < -0.3 is 10.6 Å². The molecule has 0 aromatic heterocycles. The lowest BCUT2D eigenvalue weighted by molar-refractivity contribution is 0.118. The van der Waals surface area contributed by atoms with E-state index >= 15 is 0 Å². The fourth-order valence-corrected chi connectivity index (χ4v) is 3.89. The van der Waals surface area contributed by atoms with E-state index in [2.05, 4.69) is 25.7 Å². The molecule has 0 bridgehead atoms. The number of likely N-dealkylation sites (tertiary alicyclic amines) is 1. The van der Waals surface area contributed by atoms with Crippen LogP contribution in [0.25, 0.3) is 0 Å². The average Bonchev–Trinajstić information content (AvgIpc) is 2.78. The van der Waals surface area contributed by atoms with E-state index in [0.717, 1.165) is 12.5 Å². The van der Waals surface area contributed by atoms with Crippen molar-refractivity contribution in [3.63, 3.8) is 0 Å². The van der Waals surface area contributed by atoms with E-state index in [9.17, 15) is 0 Å². The Morgan fingerprint density at radius 3 is 2.33 bits per heavy atom. The van der Waals surface area contributed by atoms with Gasteiger partial charge in [0.25, 0.3) is 0 Å². The van der Waals surface area contributed by atoms with Gasteiger partial charge in [-0.25, -0.2) is 0 Å². The molecule has 1 aliphatic heterocycles. The summed E-state index contributed by atoms with van der Waals surface area (Å²) in [4.78, 5) is 2.70. The van der Waals surface area contributed by atoms with Crippen molar-refractivity contribution in [1.82, 2.24) is 4.90 Å². The third-order valence-electron chi connectivity index (χ3n) is 5.40. The lowest BCUT2D eigenvalue weighted by Crippen LogP contribution is -2.43. The van der Waals surface area contributed by atoms with Crippen molar-refractivity contribution in [2.24, 2.45) is 22.5 Å². The van der Waals surface area contributed by atoms with Crippen LogP contribution in [0.4, 0.5) is 0 Å². The number of nitrogens with zero attached hydrogens (tertiary/aromatic N) is 1. The second kappa shape index (κ2) is 5.50. The van der Waals surface area contributed by atoms with E-state index in [1.54, 1.807) is 0 Å². The third-order valence-corrected chi connectivity index (χ3v) is 5.40. The fourth-order valence-electron chi connectivity index (χ4n) is 3.89. The van der Waals surface area contributed by atoms with Crippen LogP contribution < -0.4 is 5.73 Å². The molecular weight excluding hydrogens is 220 g/mol. The van der Waals surface area contributed by atoms with Crippen molar-refractivity contribution >= 4 is 0 Å². The molecule has 1 heterocycles. The maximum absolute atomic E-state index is 6.11. The molecule has 2 fully saturated rings. The summed E-state index contributed by atoms with van der Waals surface area (Å²) in [5, 5.41) is 0. The standard InChI is InChI=1S/C16H32N2/c1-15(2,3)14-7-10-18(11-14)13-16(12-17)8-5-4-6-9-16/h14H,4-13,17H2,1-3H3. The van der Waals surface area contributed by atoms with Crippen molar-refractivity contribution in [3.05, 3.63) is 0 Å². The van der Waals surface area contributed by atoms with E-state index in [0.29, 0.717) is 10.8 Å². The molecule has 106 valence electrons. The lowest BCUT2D eigenvalue weighted by atomic mass is 9.73. The largest absolute Gasteiger partial charge is 0.330 e. The van der Waals surface area contributed by atoms with Gasteiger partial charge in [-0.15, -0.1) is 0 Å². The van der Waals surface area contributed by atoms with Crippen molar-refractivity contribution in [2.75, 3.05) is 26.2 Å². The Hall–Kier alpha value is -0.0800. The topological polar surface area (TPSA) is 29.3 Å². The van der Waals surface area contributed by atoms with Crippen LogP contribution in [0.1, 0.15) is 59.3 Å². The van der Waals surface area contributed by atoms with Crippen LogP contribution in [0.5, 0.6) is 0 Å². The minimum absolute atomic E-state index is 0.449. The van der Waals surface area contributed by atoms with Gasteiger partial charge in [-0.05, 0) is 49.1 Å². The summed E-state index contributed by atoms with van der Waals surface area (Å²) < 4.78 is 0. The Kier molecular flexibility index (Phi) is 4.38. The van der Waals surface area contributed by atoms with Gasteiger partial charge in [0.05, 0.1) is 0 Å². The number of nitrogens with two attached hydrogens (primary N) is 1. The highest BCUT2D eigenvalue weighted by Gasteiger charge is 2.37. The van der Waals surface area contributed by atoms with E-state index in [-0.39, 0.29) is 0 Å². The molecule has 1 aliphatic carbocycles. The molecule has 2 aliphatic rings. The van der Waals surface area contributed by atoms with Gasteiger partial charge in [0, 0.05) is 13.1 Å². The Bertz CT molecular complexity index is 261. The van der Waals surface area contributed by atoms with Crippen molar-refractivity contribution in [2.45, 2.75) is 59.3 Å². The molecule has 18 heavy (non-hydrogen) atoms. The molecule has 1 atom stereocenters. The summed E-state index contributed by atoms with van der Waals surface area (Å²) in [5.74, 6) is 0.871. The Balaban J connectivity index is 1.90. The molecule has 2 heteroatoms. The minimum Gasteiger partial charge on any atom is -0.330 e. The van der Waals surface area contributed by atoms with Crippen LogP contribution in [-0.4, -0.2) is 31.1 Å². The molecule has 0 radical (unpaired) electrons. The molecule has 0 aromatic carbocycles. The van der Waals surface area contributed by atoms with E-state index < -0.39 is 0 Å². The molecule has 1 saturated carbocycles. The summed E-state index contributed by atoms with van der Waals surface area (Å²) >= 11 is 0. The molecule has 0 amide bonds. The van der Waals surface area contributed by atoms with E-state index in [4.69, 9.17) is 5.73 Å². The van der Waals surface area contributed by atoms with Crippen LogP contribution in [0, 0.1) is 16.7 Å². The van der Waals surface area contributed by atoms with Gasteiger partial charge in [-0.2, -0.15) is 0 Å². The Morgan fingerprint density at radius 1 is 1.17 bits per heavy atom. The first-order chi connectivity index (χ1) is 8.45. The van der Waals surface area contributed by atoms with Crippen LogP contribution in [0.3, 0.4) is 0 Å². The van der Waals surface area contributed by atoms with Crippen molar-refractivity contribution in [3.8, 4) is 0 Å². The second-order valence-corrected chi connectivity index (χ2v) is 7.85. The van der Waals surface area contributed by atoms with Gasteiger partial charge in [0.1, 0.15) is 0 Å². The summed E-state index contributed by atoms with van der Waals surface area (Å²) in [6, 6.07) is 0. The Labute approximate surface area is 113 Å². The summed E-state index contributed by atoms with van der Waals surface area (Å²) in [7, 11) is 0. The fraction of sp³-hybridized carbons (Fsp3) is 1.00. The van der Waals surface area contributed by atoms with Crippen LogP contribution >= 0.6 is 0 Å². The maximum Gasteiger partial charge on any atom is 0.00502 e. The molecule has 2 rings (SSSR count). The molecule has 1 unspecified atom stereocenters. The quantitative estimate of drug-likeness (QED) is 0.835. The van der Waals surface area contributed by atoms with Crippen molar-refractivity contribution in [1.29, 1.82) is 0 Å². The van der Waals surface area contributed by atoms with Gasteiger partial charge in [-0.3, -0.25) is 0 Å². The molecule has 0 aromatic rings. The van der Waals surface area contributed by atoms with Gasteiger partial charge in [0.15, 0.2) is 0 Å². The summed E-state index contributed by atoms with van der Waals surface area (Å²) in [6.45, 7) is 11.9. The molecule has 2 nitrogen and oxygen atoms in total. The van der Waals surface area contributed by atoms with Crippen LogP contribution in [-0.2, 0) is 0 Å².